The lowest BCUT2D eigenvalue weighted by Crippen LogP contribution is -2.41. The molecule has 1 atom stereocenters. The second-order valence-corrected chi connectivity index (χ2v) is 4.83. The van der Waals surface area contributed by atoms with Gasteiger partial charge < -0.3 is 9.73 Å². The topological polar surface area (TPSA) is 38.1 Å². The lowest BCUT2D eigenvalue weighted by molar-refractivity contribution is 0.279. The van der Waals surface area contributed by atoms with Gasteiger partial charge in [-0.25, -0.2) is 4.98 Å². The van der Waals surface area contributed by atoms with Gasteiger partial charge in [-0.1, -0.05) is 12.1 Å². The molecule has 0 amide bonds. The first-order valence-corrected chi connectivity index (χ1v) is 5.85. The van der Waals surface area contributed by atoms with Crippen molar-refractivity contribution >= 4 is 11.1 Å². The minimum absolute atomic E-state index is 0.0528. The number of hydrogen-bond donors (Lipinski definition) is 1. The van der Waals surface area contributed by atoms with Crippen LogP contribution in [0.1, 0.15) is 25.7 Å². The van der Waals surface area contributed by atoms with E-state index >= 15 is 0 Å². The van der Waals surface area contributed by atoms with E-state index in [1.165, 1.54) is 6.42 Å². The molecule has 1 fully saturated rings. The smallest absolute Gasteiger partial charge is 0.202 e. The van der Waals surface area contributed by atoms with Crippen molar-refractivity contribution in [1.82, 2.24) is 10.3 Å². The predicted octanol–water partition coefficient (Wildman–Crippen LogP) is 2.47. The summed E-state index contributed by atoms with van der Waals surface area (Å²) in [6.45, 7) is 4.29. The van der Waals surface area contributed by atoms with E-state index in [0.717, 1.165) is 36.5 Å². The van der Waals surface area contributed by atoms with E-state index in [-0.39, 0.29) is 5.41 Å². The van der Waals surface area contributed by atoms with Gasteiger partial charge in [0.2, 0.25) is 5.89 Å². The van der Waals surface area contributed by atoms with Crippen LogP contribution in [0, 0.1) is 0 Å². The van der Waals surface area contributed by atoms with Gasteiger partial charge in [0, 0.05) is 6.54 Å². The van der Waals surface area contributed by atoms with E-state index < -0.39 is 0 Å². The van der Waals surface area contributed by atoms with Crippen molar-refractivity contribution in [3.8, 4) is 0 Å². The molecular formula is C13H16N2O. The third kappa shape index (κ3) is 1.52. The van der Waals surface area contributed by atoms with Crippen LogP contribution in [0.2, 0.25) is 0 Å². The molecule has 1 saturated heterocycles. The molecule has 3 heteroatoms. The second kappa shape index (κ2) is 3.59. The van der Waals surface area contributed by atoms with Gasteiger partial charge in [-0.2, -0.15) is 0 Å². The van der Waals surface area contributed by atoms with Crippen LogP contribution in [0.3, 0.4) is 0 Å². The maximum Gasteiger partial charge on any atom is 0.202 e. The molecule has 1 aliphatic heterocycles. The number of fused-ring (bicyclic) bond motifs is 1. The molecule has 0 aliphatic carbocycles. The number of benzene rings is 1. The van der Waals surface area contributed by atoms with Crippen LogP contribution in [0.5, 0.6) is 0 Å². The van der Waals surface area contributed by atoms with E-state index in [1.54, 1.807) is 0 Å². The van der Waals surface area contributed by atoms with Crippen LogP contribution in [0.25, 0.3) is 11.1 Å². The third-order valence-corrected chi connectivity index (χ3v) is 3.41. The average molecular weight is 216 g/mol. The predicted molar refractivity (Wildman–Crippen MR) is 63.5 cm³/mol. The molecule has 0 saturated carbocycles. The van der Waals surface area contributed by atoms with Crippen molar-refractivity contribution in [2.75, 3.05) is 13.1 Å². The number of rotatable bonds is 1. The van der Waals surface area contributed by atoms with E-state index in [9.17, 15) is 0 Å². The minimum atomic E-state index is 0.0528. The molecule has 1 aromatic heterocycles. The Labute approximate surface area is 94.9 Å². The Kier molecular flexibility index (Phi) is 2.21. The number of nitrogens with one attached hydrogen (secondary N) is 1. The Balaban J connectivity index is 2.04. The van der Waals surface area contributed by atoms with Gasteiger partial charge in [-0.15, -0.1) is 0 Å². The van der Waals surface area contributed by atoms with Crippen LogP contribution in [0.4, 0.5) is 0 Å². The van der Waals surface area contributed by atoms with Crippen LogP contribution >= 0.6 is 0 Å². The lowest BCUT2D eigenvalue weighted by atomic mass is 9.83. The first-order chi connectivity index (χ1) is 7.78. The maximum atomic E-state index is 5.86. The van der Waals surface area contributed by atoms with Gasteiger partial charge in [0.1, 0.15) is 5.52 Å². The largest absolute Gasteiger partial charge is 0.440 e. The number of piperidine rings is 1. The Morgan fingerprint density at radius 3 is 3.00 bits per heavy atom. The zero-order valence-electron chi connectivity index (χ0n) is 9.49. The molecule has 16 heavy (non-hydrogen) atoms. The first kappa shape index (κ1) is 9.85. The molecule has 3 nitrogen and oxygen atoms in total. The summed E-state index contributed by atoms with van der Waals surface area (Å²) in [4.78, 5) is 4.60. The van der Waals surface area contributed by atoms with Gasteiger partial charge in [-0.05, 0) is 38.4 Å². The van der Waals surface area contributed by atoms with Gasteiger partial charge >= 0.3 is 0 Å². The molecule has 1 unspecified atom stereocenters. The Morgan fingerprint density at radius 2 is 2.25 bits per heavy atom. The normalized spacial score (nSPS) is 26.1. The van der Waals surface area contributed by atoms with Crippen LogP contribution in [-0.2, 0) is 5.41 Å². The highest BCUT2D eigenvalue weighted by atomic mass is 16.3. The van der Waals surface area contributed by atoms with Crippen molar-refractivity contribution < 1.29 is 4.42 Å². The van der Waals surface area contributed by atoms with Gasteiger partial charge in [-0.3, -0.25) is 0 Å². The highest BCUT2D eigenvalue weighted by Crippen LogP contribution is 2.31. The fourth-order valence-electron chi connectivity index (χ4n) is 2.37. The van der Waals surface area contributed by atoms with Crippen LogP contribution < -0.4 is 5.32 Å². The summed E-state index contributed by atoms with van der Waals surface area (Å²) in [5, 5.41) is 3.42. The molecule has 1 aromatic carbocycles. The van der Waals surface area contributed by atoms with Crippen molar-refractivity contribution in [3.63, 3.8) is 0 Å². The van der Waals surface area contributed by atoms with Crippen LogP contribution in [0.15, 0.2) is 28.7 Å². The maximum absolute atomic E-state index is 5.86. The van der Waals surface area contributed by atoms with Crippen molar-refractivity contribution in [1.29, 1.82) is 0 Å². The number of para-hydroxylation sites is 2. The molecule has 1 N–H and O–H groups in total. The fourth-order valence-corrected chi connectivity index (χ4v) is 2.37. The SMILES string of the molecule is CC1(c2nc3ccccc3o2)CCCNC1. The number of nitrogens with zero attached hydrogens (tertiary/aromatic N) is 1. The van der Waals surface area contributed by atoms with Crippen LogP contribution in [-0.4, -0.2) is 18.1 Å². The number of aromatic nitrogens is 1. The quantitative estimate of drug-likeness (QED) is 0.795. The zero-order valence-corrected chi connectivity index (χ0v) is 9.49. The summed E-state index contributed by atoms with van der Waals surface area (Å²) in [6.07, 6.45) is 2.34. The van der Waals surface area contributed by atoms with Gasteiger partial charge in [0.15, 0.2) is 5.58 Å². The summed E-state index contributed by atoms with van der Waals surface area (Å²) in [7, 11) is 0. The van der Waals surface area contributed by atoms with Crippen molar-refractivity contribution in [2.45, 2.75) is 25.2 Å². The summed E-state index contributed by atoms with van der Waals surface area (Å²) < 4.78 is 5.86. The Bertz CT molecular complexity index is 464. The van der Waals surface area contributed by atoms with E-state index in [0.29, 0.717) is 0 Å². The molecular weight excluding hydrogens is 200 g/mol. The summed E-state index contributed by atoms with van der Waals surface area (Å²) in [6, 6.07) is 7.96. The third-order valence-electron chi connectivity index (χ3n) is 3.41. The average Bonchev–Trinajstić information content (AvgIpc) is 2.74. The van der Waals surface area contributed by atoms with Crippen molar-refractivity contribution in [2.24, 2.45) is 0 Å². The molecule has 3 rings (SSSR count). The van der Waals surface area contributed by atoms with Gasteiger partial charge in [0.25, 0.3) is 0 Å². The summed E-state index contributed by atoms with van der Waals surface area (Å²) in [5.41, 5.74) is 1.91. The minimum Gasteiger partial charge on any atom is -0.440 e. The van der Waals surface area contributed by atoms with Crippen molar-refractivity contribution in [3.05, 3.63) is 30.2 Å². The second-order valence-electron chi connectivity index (χ2n) is 4.83. The van der Waals surface area contributed by atoms with E-state index in [2.05, 4.69) is 17.2 Å². The lowest BCUT2D eigenvalue weighted by Gasteiger charge is -2.30. The summed E-state index contributed by atoms with van der Waals surface area (Å²) >= 11 is 0. The fraction of sp³-hybridized carbons (Fsp3) is 0.462. The monoisotopic (exact) mass is 216 g/mol. The number of hydrogen-bond acceptors (Lipinski definition) is 3. The molecule has 0 bridgehead atoms. The molecule has 1 aliphatic rings. The standard InChI is InChI=1S/C13H16N2O/c1-13(7-4-8-14-9-13)12-15-10-5-2-3-6-11(10)16-12/h2-3,5-6,14H,4,7-9H2,1H3. The van der Waals surface area contributed by atoms with E-state index in [4.69, 9.17) is 4.42 Å². The highest BCUT2D eigenvalue weighted by Gasteiger charge is 2.33. The molecule has 2 heterocycles. The van der Waals surface area contributed by atoms with E-state index in [1.807, 2.05) is 24.3 Å². The molecule has 0 radical (unpaired) electrons. The molecule has 2 aromatic rings. The van der Waals surface area contributed by atoms with Gasteiger partial charge in [0.05, 0.1) is 5.41 Å². The Hall–Kier alpha value is -1.35. The number of oxazole rings is 1. The molecule has 84 valence electrons. The Morgan fingerprint density at radius 1 is 1.38 bits per heavy atom. The first-order valence-electron chi connectivity index (χ1n) is 5.85. The molecule has 0 spiro atoms. The summed E-state index contributed by atoms with van der Waals surface area (Å²) in [5.74, 6) is 0.876. The zero-order chi connectivity index (χ0) is 11.0. The highest BCUT2D eigenvalue weighted by molar-refractivity contribution is 5.72.